The minimum Gasteiger partial charge on any atom is -0.324 e. The maximum Gasteiger partial charge on any atom is 0.146 e. The maximum absolute atomic E-state index is 13.8. The molecule has 2 aromatic carbocycles. The summed E-state index contributed by atoms with van der Waals surface area (Å²) in [5, 5.41) is 0.118. The molecule has 0 heterocycles. The summed E-state index contributed by atoms with van der Waals surface area (Å²) < 4.78 is 13.8. The maximum atomic E-state index is 13.8. The zero-order valence-corrected chi connectivity index (χ0v) is 10.9. The monoisotopic (exact) mass is 263 g/mol. The van der Waals surface area contributed by atoms with E-state index in [-0.39, 0.29) is 11.1 Å². The van der Waals surface area contributed by atoms with Crippen molar-refractivity contribution < 1.29 is 4.39 Å². The molecule has 2 rings (SSSR count). The molecule has 0 aliphatic carbocycles. The fraction of sp³-hybridized carbons (Fsp3) is 0.200. The average Bonchev–Trinajstić information content (AvgIpc) is 2.32. The standard InChI is InChI=1S/C15H15ClFN/c1-10-4-2-5-11(8-10)9-14(18)12-6-3-7-13(16)15(12)17/h2-8,14H,9,18H2,1H3. The molecule has 0 aliphatic heterocycles. The smallest absolute Gasteiger partial charge is 0.146 e. The number of hydrogen-bond acceptors (Lipinski definition) is 1. The summed E-state index contributed by atoms with van der Waals surface area (Å²) >= 11 is 5.76. The predicted molar refractivity (Wildman–Crippen MR) is 73.2 cm³/mol. The number of benzene rings is 2. The van der Waals surface area contributed by atoms with Gasteiger partial charge in [0.2, 0.25) is 0 Å². The van der Waals surface area contributed by atoms with Crippen LogP contribution in [0, 0.1) is 12.7 Å². The molecule has 0 amide bonds. The van der Waals surface area contributed by atoms with Gasteiger partial charge in [-0.05, 0) is 25.0 Å². The lowest BCUT2D eigenvalue weighted by Gasteiger charge is -2.14. The van der Waals surface area contributed by atoms with Crippen molar-refractivity contribution in [3.05, 3.63) is 70.0 Å². The molecular formula is C15H15ClFN. The summed E-state index contributed by atoms with van der Waals surface area (Å²) in [6.45, 7) is 2.02. The Hall–Kier alpha value is -1.38. The molecule has 3 heteroatoms. The van der Waals surface area contributed by atoms with Gasteiger partial charge in [-0.3, -0.25) is 0 Å². The van der Waals surface area contributed by atoms with Gasteiger partial charge in [-0.1, -0.05) is 53.6 Å². The van der Waals surface area contributed by atoms with E-state index in [4.69, 9.17) is 17.3 Å². The minimum absolute atomic E-state index is 0.118. The molecule has 0 aromatic heterocycles. The Balaban J connectivity index is 2.22. The Morgan fingerprint density at radius 1 is 1.22 bits per heavy atom. The first-order chi connectivity index (χ1) is 8.58. The van der Waals surface area contributed by atoms with E-state index in [2.05, 4.69) is 6.07 Å². The number of halogens is 2. The molecule has 2 aromatic rings. The second kappa shape index (κ2) is 5.51. The van der Waals surface area contributed by atoms with Crippen molar-refractivity contribution in [2.75, 3.05) is 0 Å². The van der Waals surface area contributed by atoms with Crippen LogP contribution >= 0.6 is 11.6 Å². The van der Waals surface area contributed by atoms with Crippen LogP contribution in [0.3, 0.4) is 0 Å². The first kappa shape index (κ1) is 13.1. The third-order valence-electron chi connectivity index (χ3n) is 2.92. The zero-order valence-electron chi connectivity index (χ0n) is 10.2. The lowest BCUT2D eigenvalue weighted by Crippen LogP contribution is -2.15. The van der Waals surface area contributed by atoms with Crippen molar-refractivity contribution in [3.8, 4) is 0 Å². The molecule has 1 nitrogen and oxygen atoms in total. The van der Waals surface area contributed by atoms with E-state index >= 15 is 0 Å². The van der Waals surface area contributed by atoms with Gasteiger partial charge in [0.1, 0.15) is 5.82 Å². The van der Waals surface area contributed by atoms with Crippen LogP contribution in [0.5, 0.6) is 0 Å². The van der Waals surface area contributed by atoms with E-state index in [1.54, 1.807) is 12.1 Å². The molecule has 0 radical (unpaired) electrons. The van der Waals surface area contributed by atoms with Crippen LogP contribution < -0.4 is 5.73 Å². The van der Waals surface area contributed by atoms with E-state index in [1.165, 1.54) is 11.6 Å². The lowest BCUT2D eigenvalue weighted by molar-refractivity contribution is 0.581. The number of hydrogen-bond donors (Lipinski definition) is 1. The van der Waals surface area contributed by atoms with Crippen LogP contribution in [0.25, 0.3) is 0 Å². The van der Waals surface area contributed by atoms with Gasteiger partial charge in [0.15, 0.2) is 0 Å². The first-order valence-electron chi connectivity index (χ1n) is 5.83. The normalized spacial score (nSPS) is 12.4. The molecule has 0 bridgehead atoms. The molecule has 0 fully saturated rings. The average molecular weight is 264 g/mol. The number of aryl methyl sites for hydroxylation is 1. The predicted octanol–water partition coefficient (Wildman–Crippen LogP) is 4.03. The van der Waals surface area contributed by atoms with Crippen molar-refractivity contribution in [1.82, 2.24) is 0 Å². The molecule has 1 unspecified atom stereocenters. The molecular weight excluding hydrogens is 249 g/mol. The lowest BCUT2D eigenvalue weighted by atomic mass is 9.98. The van der Waals surface area contributed by atoms with Gasteiger partial charge in [-0.15, -0.1) is 0 Å². The summed E-state index contributed by atoms with van der Waals surface area (Å²) in [5.74, 6) is -0.417. The van der Waals surface area contributed by atoms with E-state index in [9.17, 15) is 4.39 Å². The van der Waals surface area contributed by atoms with E-state index in [1.807, 2.05) is 25.1 Å². The van der Waals surface area contributed by atoms with Gasteiger partial charge in [0, 0.05) is 11.6 Å². The molecule has 1 atom stereocenters. The van der Waals surface area contributed by atoms with Crippen molar-refractivity contribution in [3.63, 3.8) is 0 Å². The second-order valence-corrected chi connectivity index (χ2v) is 4.85. The largest absolute Gasteiger partial charge is 0.324 e. The van der Waals surface area contributed by atoms with E-state index < -0.39 is 5.82 Å². The van der Waals surface area contributed by atoms with Gasteiger partial charge in [0.25, 0.3) is 0 Å². The van der Waals surface area contributed by atoms with E-state index in [0.29, 0.717) is 12.0 Å². The summed E-state index contributed by atoms with van der Waals surface area (Å²) in [6.07, 6.45) is 0.596. The number of rotatable bonds is 3. The van der Waals surface area contributed by atoms with Crippen molar-refractivity contribution in [2.45, 2.75) is 19.4 Å². The Bertz CT molecular complexity index is 554. The van der Waals surface area contributed by atoms with Crippen LogP contribution in [0.1, 0.15) is 22.7 Å². The highest BCUT2D eigenvalue weighted by Gasteiger charge is 2.14. The molecule has 2 N–H and O–H groups in total. The van der Waals surface area contributed by atoms with Gasteiger partial charge in [-0.25, -0.2) is 4.39 Å². The Morgan fingerprint density at radius 2 is 1.94 bits per heavy atom. The third kappa shape index (κ3) is 2.89. The van der Waals surface area contributed by atoms with Crippen molar-refractivity contribution in [2.24, 2.45) is 5.73 Å². The van der Waals surface area contributed by atoms with Crippen LogP contribution in [0.2, 0.25) is 5.02 Å². The summed E-state index contributed by atoms with van der Waals surface area (Å²) in [4.78, 5) is 0. The number of nitrogens with two attached hydrogens (primary N) is 1. The van der Waals surface area contributed by atoms with Gasteiger partial charge in [-0.2, -0.15) is 0 Å². The Kier molecular flexibility index (Phi) is 4.00. The van der Waals surface area contributed by atoms with Crippen LogP contribution in [0.4, 0.5) is 4.39 Å². The van der Waals surface area contributed by atoms with Gasteiger partial charge < -0.3 is 5.73 Å². The third-order valence-corrected chi connectivity index (χ3v) is 3.21. The topological polar surface area (TPSA) is 26.0 Å². The second-order valence-electron chi connectivity index (χ2n) is 4.44. The summed E-state index contributed by atoms with van der Waals surface area (Å²) in [5.41, 5.74) is 8.78. The zero-order chi connectivity index (χ0) is 13.1. The van der Waals surface area contributed by atoms with Gasteiger partial charge in [0.05, 0.1) is 5.02 Å². The van der Waals surface area contributed by atoms with Crippen LogP contribution in [-0.2, 0) is 6.42 Å². The highest BCUT2D eigenvalue weighted by Crippen LogP contribution is 2.24. The Labute approximate surface area is 111 Å². The minimum atomic E-state index is -0.417. The molecule has 94 valence electrons. The fourth-order valence-electron chi connectivity index (χ4n) is 2.01. The van der Waals surface area contributed by atoms with Gasteiger partial charge >= 0.3 is 0 Å². The van der Waals surface area contributed by atoms with Crippen LogP contribution in [0.15, 0.2) is 42.5 Å². The SMILES string of the molecule is Cc1cccc(CC(N)c2cccc(Cl)c2F)c1. The first-order valence-corrected chi connectivity index (χ1v) is 6.21. The summed E-state index contributed by atoms with van der Waals surface area (Å²) in [6, 6.07) is 12.6. The van der Waals surface area contributed by atoms with Crippen LogP contribution in [-0.4, -0.2) is 0 Å². The molecule has 0 saturated heterocycles. The Morgan fingerprint density at radius 3 is 2.67 bits per heavy atom. The molecule has 0 saturated carbocycles. The van der Waals surface area contributed by atoms with E-state index in [0.717, 1.165) is 5.56 Å². The molecule has 0 aliphatic rings. The van der Waals surface area contributed by atoms with Crippen molar-refractivity contribution in [1.29, 1.82) is 0 Å². The molecule has 0 spiro atoms. The van der Waals surface area contributed by atoms with Crippen molar-refractivity contribution >= 4 is 11.6 Å². The molecule has 18 heavy (non-hydrogen) atoms. The highest BCUT2D eigenvalue weighted by molar-refractivity contribution is 6.30. The quantitative estimate of drug-likeness (QED) is 0.889. The fourth-order valence-corrected chi connectivity index (χ4v) is 2.19. The highest BCUT2D eigenvalue weighted by atomic mass is 35.5. The summed E-state index contributed by atoms with van der Waals surface area (Å²) in [7, 11) is 0.